The Balaban J connectivity index is 0.000000230. The van der Waals surface area contributed by atoms with E-state index in [2.05, 4.69) is 78.9 Å². The molecule has 0 spiro atoms. The average molecular weight is 578 g/mol. The minimum atomic E-state index is 0. The third-order valence-electron chi connectivity index (χ3n) is 4.32. The first-order chi connectivity index (χ1) is 14.9. The van der Waals surface area contributed by atoms with Crippen LogP contribution in [0.4, 0.5) is 0 Å². The summed E-state index contributed by atoms with van der Waals surface area (Å²) < 4.78 is 0. The molecule has 1 heteroatoms. The van der Waals surface area contributed by atoms with Crippen molar-refractivity contribution in [2.75, 3.05) is 0 Å². The van der Waals surface area contributed by atoms with Crippen LogP contribution in [0.25, 0.3) is 21.5 Å². The van der Waals surface area contributed by atoms with Gasteiger partial charge in [0.15, 0.2) is 0 Å². The summed E-state index contributed by atoms with van der Waals surface area (Å²) in [5, 5.41) is 5.39. The third-order valence-corrected chi connectivity index (χ3v) is 4.32. The molecule has 6 rings (SSSR count). The first-order valence-electron chi connectivity index (χ1n) is 10.0. The van der Waals surface area contributed by atoms with Crippen LogP contribution in [0.3, 0.4) is 0 Å². The molecule has 0 fully saturated rings. The third kappa shape index (κ3) is 9.49. The molecule has 5 aromatic carbocycles. The van der Waals surface area contributed by atoms with Gasteiger partial charge in [-0.1, -0.05) is 36.4 Å². The summed E-state index contributed by atoms with van der Waals surface area (Å²) in [4.78, 5) is 0. The molecule has 160 valence electrons. The summed E-state index contributed by atoms with van der Waals surface area (Å²) in [7, 11) is 0. The van der Waals surface area contributed by atoms with Gasteiger partial charge in [0, 0.05) is 25.8 Å². The van der Waals surface area contributed by atoms with Crippen LogP contribution in [0.1, 0.15) is 6.42 Å². The second kappa shape index (κ2) is 16.8. The zero-order valence-corrected chi connectivity index (χ0v) is 22.0. The molecule has 0 heterocycles. The predicted octanol–water partition coefficient (Wildman–Crippen LogP) is 8.44. The molecule has 0 saturated heterocycles. The first kappa shape index (κ1) is 27.1. The Labute approximate surface area is 212 Å². The van der Waals surface area contributed by atoms with Crippen LogP contribution in [0.5, 0.6) is 0 Å². The maximum absolute atomic E-state index is 2.99. The van der Waals surface area contributed by atoms with Crippen molar-refractivity contribution in [2.45, 2.75) is 6.42 Å². The van der Waals surface area contributed by atoms with Crippen LogP contribution in [0, 0.1) is 25.6 Å². The topological polar surface area (TPSA) is 0 Å². The van der Waals surface area contributed by atoms with Gasteiger partial charge in [0.25, 0.3) is 0 Å². The summed E-state index contributed by atoms with van der Waals surface area (Å²) in [6, 6.07) is 44.3. The Hall–Kier alpha value is -2.90. The normalized spacial score (nSPS) is 10.2. The van der Waals surface area contributed by atoms with E-state index in [-0.39, 0.29) is 33.3 Å². The Morgan fingerprint density at radius 2 is 1.06 bits per heavy atom. The van der Waals surface area contributed by atoms with E-state index in [9.17, 15) is 0 Å². The largest absolute Gasteiger partial charge is 0.358 e. The second-order valence-corrected chi connectivity index (χ2v) is 6.48. The van der Waals surface area contributed by atoms with E-state index in [1.165, 1.54) is 21.5 Å². The molecule has 0 radical (unpaired) electrons. The smallest absolute Gasteiger partial charge is 0 e. The molecule has 0 N–H and O–H groups in total. The zero-order valence-electron chi connectivity index (χ0n) is 18.4. The van der Waals surface area contributed by atoms with Crippen molar-refractivity contribution in [1.29, 1.82) is 0 Å². The van der Waals surface area contributed by atoms with Gasteiger partial charge in [0.05, 0.1) is 0 Å². The summed E-state index contributed by atoms with van der Waals surface area (Å²) in [5.74, 6) is 0. The van der Waals surface area contributed by atoms with Crippen molar-refractivity contribution in [1.82, 2.24) is 0 Å². The van der Waals surface area contributed by atoms with E-state index in [1.807, 2.05) is 72.8 Å². The molecule has 0 aliphatic heterocycles. The fraction of sp³-hybridized carbons (Fsp3) is 0.0323. The number of hydrogen-bond donors (Lipinski definition) is 0. The van der Waals surface area contributed by atoms with E-state index in [0.717, 1.165) is 6.42 Å². The summed E-state index contributed by atoms with van der Waals surface area (Å²) >= 11 is 0. The van der Waals surface area contributed by atoms with Gasteiger partial charge in [-0.2, -0.15) is 78.9 Å². The molecule has 0 amide bonds. The van der Waals surface area contributed by atoms with Gasteiger partial charge in [0.1, 0.15) is 0 Å². The standard InChI is InChI=1S/C13H9.2C6H5.C5H5.CH3.Hf/c1-3-7-12-10(5-1)9-11-6-2-4-8-13(11)12;2*1-2-4-6-5-3-1;1-2-4-5-3-1;;/h1-9H;2*1-5H;1-3H,4H2;1H3;/q5*-1;. The maximum Gasteiger partial charge on any atom is 0 e. The molecule has 0 saturated carbocycles. The van der Waals surface area contributed by atoms with Crippen molar-refractivity contribution in [3.63, 3.8) is 0 Å². The Morgan fingerprint density at radius 3 is 1.34 bits per heavy atom. The van der Waals surface area contributed by atoms with Gasteiger partial charge in [-0.15, -0.1) is 46.2 Å². The number of rotatable bonds is 0. The van der Waals surface area contributed by atoms with Crippen LogP contribution in [0.15, 0.2) is 133 Å². The molecule has 0 nitrogen and oxygen atoms in total. The molecule has 0 aromatic heterocycles. The monoisotopic (exact) mass is 579 g/mol. The number of benzene rings is 4. The van der Waals surface area contributed by atoms with Crippen molar-refractivity contribution >= 4 is 21.5 Å². The fourth-order valence-corrected chi connectivity index (χ4v) is 2.93. The quantitative estimate of drug-likeness (QED) is 0.128. The Bertz CT molecular complexity index is 1010. The number of fused-ring (bicyclic) bond motifs is 3. The predicted molar refractivity (Wildman–Crippen MR) is 136 cm³/mol. The van der Waals surface area contributed by atoms with E-state index in [4.69, 9.17) is 0 Å². The molecular weight excluding hydrogens is 551 g/mol. The van der Waals surface area contributed by atoms with Gasteiger partial charge < -0.3 is 7.43 Å². The van der Waals surface area contributed by atoms with Crippen molar-refractivity contribution in [3.05, 3.63) is 159 Å². The minimum Gasteiger partial charge on any atom is -0.358 e. The molecule has 32 heavy (non-hydrogen) atoms. The SMILES string of the molecule is [C-]1=CC=CC1.[CH3-].[Hf].[c-]1ccccc1.[c-]1ccccc1.c1ccc2c(c1)[cH-]c1ccccc12. The van der Waals surface area contributed by atoms with Crippen LogP contribution in [-0.2, 0) is 25.8 Å². The maximum atomic E-state index is 2.99. The summed E-state index contributed by atoms with van der Waals surface area (Å²) in [5.41, 5.74) is 0. The van der Waals surface area contributed by atoms with Crippen LogP contribution in [0.2, 0.25) is 0 Å². The van der Waals surface area contributed by atoms with Gasteiger partial charge >= 0.3 is 0 Å². The number of hydrogen-bond acceptors (Lipinski definition) is 0. The van der Waals surface area contributed by atoms with E-state index < -0.39 is 0 Å². The molecule has 0 unspecified atom stereocenters. The van der Waals surface area contributed by atoms with E-state index in [1.54, 1.807) is 0 Å². The number of allylic oxidation sites excluding steroid dienone is 4. The fourth-order valence-electron chi connectivity index (χ4n) is 2.93. The Kier molecular flexibility index (Phi) is 14.2. The van der Waals surface area contributed by atoms with E-state index >= 15 is 0 Å². The molecule has 1 aliphatic rings. The molecule has 5 aromatic rings. The van der Waals surface area contributed by atoms with Gasteiger partial charge in [-0.25, -0.2) is 12.2 Å². The summed E-state index contributed by atoms with van der Waals surface area (Å²) in [6.07, 6.45) is 10.0. The van der Waals surface area contributed by atoms with Crippen LogP contribution < -0.4 is 0 Å². The van der Waals surface area contributed by atoms with E-state index in [0.29, 0.717) is 0 Å². The van der Waals surface area contributed by atoms with Gasteiger partial charge in [-0.3, -0.25) is 6.08 Å². The molecule has 1 aliphatic carbocycles. The van der Waals surface area contributed by atoms with Crippen molar-refractivity contribution in [2.24, 2.45) is 0 Å². The van der Waals surface area contributed by atoms with Gasteiger partial charge in [-0.05, 0) is 0 Å². The summed E-state index contributed by atoms with van der Waals surface area (Å²) in [6.45, 7) is 0. The molecule has 0 bridgehead atoms. The molecular formula is C31H27Hf-5. The van der Waals surface area contributed by atoms with Crippen molar-refractivity contribution < 1.29 is 25.8 Å². The Morgan fingerprint density at radius 1 is 0.594 bits per heavy atom. The second-order valence-electron chi connectivity index (χ2n) is 6.48. The minimum absolute atomic E-state index is 0. The van der Waals surface area contributed by atoms with Crippen LogP contribution >= 0.6 is 0 Å². The van der Waals surface area contributed by atoms with Crippen molar-refractivity contribution in [3.8, 4) is 0 Å². The molecule has 0 atom stereocenters. The van der Waals surface area contributed by atoms with Gasteiger partial charge in [0.2, 0.25) is 0 Å². The van der Waals surface area contributed by atoms with Crippen LogP contribution in [-0.4, -0.2) is 0 Å². The average Bonchev–Trinajstić information content (AvgIpc) is 3.54. The first-order valence-corrected chi connectivity index (χ1v) is 10.0. The zero-order chi connectivity index (χ0) is 20.7.